The number of amides is 2. The van der Waals surface area contributed by atoms with Gasteiger partial charge in [-0.1, -0.05) is 133 Å². The van der Waals surface area contributed by atoms with Crippen molar-refractivity contribution in [2.75, 3.05) is 6.61 Å². The Bertz CT molecular complexity index is 1190. The molecule has 0 unspecified atom stereocenters. The molecule has 216 valence electrons. The third-order valence-electron chi connectivity index (χ3n) is 7.32. The van der Waals surface area contributed by atoms with E-state index in [4.69, 9.17) is 4.74 Å². The summed E-state index contributed by atoms with van der Waals surface area (Å²) in [6.07, 6.45) is 18.2. The van der Waals surface area contributed by atoms with Gasteiger partial charge in [-0.05, 0) is 30.0 Å². The van der Waals surface area contributed by atoms with Crippen LogP contribution in [0.3, 0.4) is 0 Å². The zero-order valence-electron chi connectivity index (χ0n) is 24.1. The van der Waals surface area contributed by atoms with Gasteiger partial charge in [0.2, 0.25) is 0 Å². The van der Waals surface area contributed by atoms with Gasteiger partial charge in [0.15, 0.2) is 0 Å². The molecule has 3 aromatic rings. The topological polar surface area (TPSA) is 87.7 Å². The van der Waals surface area contributed by atoms with Gasteiger partial charge < -0.3 is 9.84 Å². The van der Waals surface area contributed by atoms with Crippen LogP contribution < -0.4 is 15.6 Å². The highest BCUT2D eigenvalue weighted by Crippen LogP contribution is 2.28. The summed E-state index contributed by atoms with van der Waals surface area (Å²) in [4.78, 5) is 25.4. The van der Waals surface area contributed by atoms with Crippen LogP contribution in [-0.2, 0) is 0 Å². The molecule has 0 saturated carbocycles. The average Bonchev–Trinajstić information content (AvgIpc) is 2.98. The maximum atomic E-state index is 12.8. The molecule has 0 aliphatic heterocycles. The summed E-state index contributed by atoms with van der Waals surface area (Å²) in [6, 6.07) is 17.5. The number of carbonyl (C=O) groups is 2. The van der Waals surface area contributed by atoms with Gasteiger partial charge in [-0.15, -0.1) is 0 Å². The second-order valence-corrected chi connectivity index (χ2v) is 10.5. The standard InChI is InChI=1S/C34H46N2O4/c1-2-3-4-5-6-7-8-9-10-11-12-13-14-19-26-40-31-23-18-17-22-29(31)33(38)35-36-34(39)30-25-24-27-20-15-16-21-28(27)32(30)37/h15-18,20-25,37H,2-14,19,26H2,1H3,(H,35,38)(H,36,39). The Morgan fingerprint density at radius 3 is 1.80 bits per heavy atom. The number of para-hydroxylation sites is 1. The summed E-state index contributed by atoms with van der Waals surface area (Å²) in [5.74, 6) is -0.721. The number of rotatable bonds is 18. The van der Waals surface area contributed by atoms with Crippen molar-refractivity contribution in [1.82, 2.24) is 10.9 Å². The molecule has 0 fully saturated rings. The molecule has 2 amide bonds. The second-order valence-electron chi connectivity index (χ2n) is 10.5. The highest BCUT2D eigenvalue weighted by Gasteiger charge is 2.17. The lowest BCUT2D eigenvalue weighted by atomic mass is 10.0. The first-order valence-electron chi connectivity index (χ1n) is 15.1. The van der Waals surface area contributed by atoms with E-state index in [1.54, 1.807) is 36.4 Å². The molecule has 0 aromatic heterocycles. The number of hydrazine groups is 1. The number of hydrogen-bond acceptors (Lipinski definition) is 4. The number of benzene rings is 3. The number of nitrogens with one attached hydrogen (secondary N) is 2. The molecule has 6 nitrogen and oxygen atoms in total. The first kappa shape index (κ1) is 31.0. The summed E-state index contributed by atoms with van der Waals surface area (Å²) in [5, 5.41) is 11.9. The number of fused-ring (bicyclic) bond motifs is 1. The van der Waals surface area contributed by atoms with Crippen molar-refractivity contribution in [3.63, 3.8) is 0 Å². The highest BCUT2D eigenvalue weighted by atomic mass is 16.5. The van der Waals surface area contributed by atoms with Gasteiger partial charge >= 0.3 is 0 Å². The number of aromatic hydroxyl groups is 1. The third kappa shape index (κ3) is 10.2. The van der Waals surface area contributed by atoms with E-state index in [2.05, 4.69) is 17.8 Å². The minimum Gasteiger partial charge on any atom is -0.506 e. The summed E-state index contributed by atoms with van der Waals surface area (Å²) in [6.45, 7) is 2.81. The van der Waals surface area contributed by atoms with E-state index >= 15 is 0 Å². The molecule has 0 aliphatic rings. The molecule has 3 N–H and O–H groups in total. The predicted octanol–water partition coefficient (Wildman–Crippen LogP) is 8.48. The van der Waals surface area contributed by atoms with Crippen molar-refractivity contribution in [2.24, 2.45) is 0 Å². The normalized spacial score (nSPS) is 10.9. The largest absolute Gasteiger partial charge is 0.506 e. The van der Waals surface area contributed by atoms with Crippen molar-refractivity contribution in [3.8, 4) is 11.5 Å². The van der Waals surface area contributed by atoms with Crippen LogP contribution >= 0.6 is 0 Å². The third-order valence-corrected chi connectivity index (χ3v) is 7.32. The van der Waals surface area contributed by atoms with Crippen molar-refractivity contribution in [2.45, 2.75) is 96.8 Å². The zero-order valence-corrected chi connectivity index (χ0v) is 24.1. The molecule has 6 heteroatoms. The van der Waals surface area contributed by atoms with Crippen LogP contribution in [0.15, 0.2) is 60.7 Å². The van der Waals surface area contributed by atoms with Crippen LogP contribution in [-0.4, -0.2) is 23.5 Å². The maximum Gasteiger partial charge on any atom is 0.273 e. The Balaban J connectivity index is 1.31. The Morgan fingerprint density at radius 2 is 1.15 bits per heavy atom. The van der Waals surface area contributed by atoms with Gasteiger partial charge in [0.25, 0.3) is 11.8 Å². The summed E-state index contributed by atoms with van der Waals surface area (Å²) in [5.41, 5.74) is 5.26. The molecule has 0 aliphatic carbocycles. The fraction of sp³-hybridized carbons (Fsp3) is 0.471. The monoisotopic (exact) mass is 546 g/mol. The lowest BCUT2D eigenvalue weighted by Crippen LogP contribution is -2.41. The summed E-state index contributed by atoms with van der Waals surface area (Å²) in [7, 11) is 0. The minimum absolute atomic E-state index is 0.0846. The van der Waals surface area contributed by atoms with E-state index < -0.39 is 11.8 Å². The highest BCUT2D eigenvalue weighted by molar-refractivity contribution is 6.05. The van der Waals surface area contributed by atoms with Crippen LogP contribution in [0.2, 0.25) is 0 Å². The van der Waals surface area contributed by atoms with Crippen molar-refractivity contribution in [1.29, 1.82) is 0 Å². The number of phenols is 1. The van der Waals surface area contributed by atoms with E-state index in [-0.39, 0.29) is 11.3 Å². The lowest BCUT2D eigenvalue weighted by Gasteiger charge is -2.13. The maximum absolute atomic E-state index is 12.8. The summed E-state index contributed by atoms with van der Waals surface area (Å²) < 4.78 is 5.91. The lowest BCUT2D eigenvalue weighted by molar-refractivity contribution is 0.0842. The van der Waals surface area contributed by atoms with E-state index in [9.17, 15) is 14.7 Å². The minimum atomic E-state index is -0.600. The Labute approximate surface area is 239 Å². The SMILES string of the molecule is CCCCCCCCCCCCCCCCOc1ccccc1C(=O)NNC(=O)c1ccc2ccccc2c1O. The molecule has 0 heterocycles. The van der Waals surface area contributed by atoms with E-state index in [1.807, 2.05) is 18.2 Å². The van der Waals surface area contributed by atoms with E-state index in [0.717, 1.165) is 18.2 Å². The van der Waals surface area contributed by atoms with Gasteiger partial charge in [-0.25, -0.2) is 0 Å². The molecule has 0 spiro atoms. The fourth-order valence-electron chi connectivity index (χ4n) is 4.95. The summed E-state index contributed by atoms with van der Waals surface area (Å²) >= 11 is 0. The van der Waals surface area contributed by atoms with Crippen molar-refractivity contribution >= 4 is 22.6 Å². The van der Waals surface area contributed by atoms with Crippen LogP contribution in [0, 0.1) is 0 Å². The van der Waals surface area contributed by atoms with Gasteiger partial charge in [-0.3, -0.25) is 20.4 Å². The molecular weight excluding hydrogens is 500 g/mol. The Hall–Kier alpha value is -3.54. The van der Waals surface area contributed by atoms with Gasteiger partial charge in [0.1, 0.15) is 11.5 Å². The number of ether oxygens (including phenoxy) is 1. The second kappa shape index (κ2) is 17.9. The molecule has 0 saturated heterocycles. The number of carbonyl (C=O) groups excluding carboxylic acids is 2. The van der Waals surface area contributed by atoms with Gasteiger partial charge in [-0.2, -0.15) is 0 Å². The van der Waals surface area contributed by atoms with Gasteiger partial charge in [0.05, 0.1) is 17.7 Å². The molecule has 40 heavy (non-hydrogen) atoms. The van der Waals surface area contributed by atoms with E-state index in [1.165, 1.54) is 83.1 Å². The first-order chi connectivity index (χ1) is 19.6. The van der Waals surface area contributed by atoms with Crippen LogP contribution in [0.25, 0.3) is 10.8 Å². The zero-order chi connectivity index (χ0) is 28.4. The Morgan fingerprint density at radius 1 is 0.625 bits per heavy atom. The number of phenolic OH excluding ortho intramolecular Hbond substituents is 1. The van der Waals surface area contributed by atoms with Gasteiger partial charge in [0, 0.05) is 5.39 Å². The molecule has 0 radical (unpaired) electrons. The Kier molecular flexibility index (Phi) is 13.9. The van der Waals surface area contributed by atoms with Crippen molar-refractivity contribution < 1.29 is 19.4 Å². The number of hydrogen-bond donors (Lipinski definition) is 3. The molecule has 3 aromatic carbocycles. The van der Waals surface area contributed by atoms with Crippen LogP contribution in [0.4, 0.5) is 0 Å². The smallest absolute Gasteiger partial charge is 0.273 e. The van der Waals surface area contributed by atoms with Crippen LogP contribution in [0.1, 0.15) is 118 Å². The number of unbranched alkanes of at least 4 members (excludes halogenated alkanes) is 13. The quantitative estimate of drug-likeness (QED) is 0.110. The predicted molar refractivity (Wildman–Crippen MR) is 163 cm³/mol. The van der Waals surface area contributed by atoms with Crippen LogP contribution in [0.5, 0.6) is 11.5 Å². The molecule has 0 atom stereocenters. The fourth-order valence-corrected chi connectivity index (χ4v) is 4.95. The molecular formula is C34H46N2O4. The van der Waals surface area contributed by atoms with Crippen molar-refractivity contribution in [3.05, 3.63) is 71.8 Å². The first-order valence-corrected chi connectivity index (χ1v) is 15.1. The average molecular weight is 547 g/mol. The molecule has 3 rings (SSSR count). The van der Waals surface area contributed by atoms with E-state index in [0.29, 0.717) is 23.3 Å². The molecule has 0 bridgehead atoms.